The molecule has 0 aliphatic rings. The fourth-order valence-corrected chi connectivity index (χ4v) is 3.99. The zero-order valence-corrected chi connectivity index (χ0v) is 16.6. The number of hydrogen-bond donors (Lipinski definition) is 1. The minimum atomic E-state index is -3.68. The Balaban J connectivity index is 1.79. The van der Waals surface area contributed by atoms with Gasteiger partial charge in [0.25, 0.3) is 10.0 Å². The Morgan fingerprint density at radius 1 is 1.08 bits per heavy atom. The third kappa shape index (κ3) is 4.36. The summed E-state index contributed by atoms with van der Waals surface area (Å²) in [5.74, 6) is 0. The summed E-state index contributed by atoms with van der Waals surface area (Å²) in [7, 11) is -3.68. The molecular weight excluding hydrogens is 449 g/mol. The predicted molar refractivity (Wildman–Crippen MR) is 103 cm³/mol. The molecule has 0 radical (unpaired) electrons. The number of sulfonamides is 1. The molecule has 1 aromatic heterocycles. The van der Waals surface area contributed by atoms with E-state index in [9.17, 15) is 8.42 Å². The summed E-state index contributed by atoms with van der Waals surface area (Å²) in [5, 5.41) is 5.21. The summed E-state index contributed by atoms with van der Waals surface area (Å²) >= 11 is 15.6. The Hall–Kier alpha value is -1.54. The first kappa shape index (κ1) is 18.3. The van der Waals surface area contributed by atoms with Crippen molar-refractivity contribution in [2.75, 3.05) is 4.72 Å². The van der Waals surface area contributed by atoms with Gasteiger partial charge in [-0.05, 0) is 36.4 Å². The Labute approximate surface area is 163 Å². The van der Waals surface area contributed by atoms with Crippen LogP contribution in [0.3, 0.4) is 0 Å². The first-order chi connectivity index (χ1) is 11.8. The van der Waals surface area contributed by atoms with Crippen molar-refractivity contribution >= 4 is 54.8 Å². The first-order valence-corrected chi connectivity index (χ1v) is 10.1. The lowest BCUT2D eigenvalue weighted by Crippen LogP contribution is -2.12. The van der Waals surface area contributed by atoms with Crippen molar-refractivity contribution in [3.63, 3.8) is 0 Å². The SMILES string of the molecule is O=S(=O)(Nc1cnn(Cc2c(Cl)cccc2Cl)c1)c1ccc(Br)cc1. The maximum absolute atomic E-state index is 12.4. The molecule has 0 amide bonds. The molecule has 130 valence electrons. The first-order valence-electron chi connectivity index (χ1n) is 7.09. The van der Waals surface area contributed by atoms with Gasteiger partial charge < -0.3 is 0 Å². The molecule has 1 heterocycles. The molecule has 2 aromatic carbocycles. The minimum Gasteiger partial charge on any atom is -0.276 e. The number of aromatic nitrogens is 2. The van der Waals surface area contributed by atoms with E-state index in [2.05, 4.69) is 25.8 Å². The van der Waals surface area contributed by atoms with E-state index in [0.717, 1.165) is 10.0 Å². The molecule has 1 N–H and O–H groups in total. The van der Waals surface area contributed by atoms with Crippen molar-refractivity contribution in [3.8, 4) is 0 Å². The monoisotopic (exact) mass is 459 g/mol. The molecule has 3 rings (SSSR count). The molecule has 0 atom stereocenters. The highest BCUT2D eigenvalue weighted by Crippen LogP contribution is 2.25. The van der Waals surface area contributed by atoms with Crippen molar-refractivity contribution in [1.29, 1.82) is 0 Å². The molecule has 5 nitrogen and oxygen atoms in total. The quantitative estimate of drug-likeness (QED) is 0.594. The molecule has 0 spiro atoms. The fourth-order valence-electron chi connectivity index (χ4n) is 2.18. The van der Waals surface area contributed by atoms with Crippen LogP contribution in [-0.4, -0.2) is 18.2 Å². The van der Waals surface area contributed by atoms with E-state index >= 15 is 0 Å². The highest BCUT2D eigenvalue weighted by atomic mass is 79.9. The van der Waals surface area contributed by atoms with Gasteiger partial charge in [0, 0.05) is 26.3 Å². The van der Waals surface area contributed by atoms with Gasteiger partial charge in [-0.1, -0.05) is 45.2 Å². The van der Waals surface area contributed by atoms with Crippen LogP contribution in [0.2, 0.25) is 10.0 Å². The summed E-state index contributed by atoms with van der Waals surface area (Å²) in [6.45, 7) is 0.332. The summed E-state index contributed by atoms with van der Waals surface area (Å²) in [5.41, 5.74) is 1.07. The number of nitrogens with zero attached hydrogens (tertiary/aromatic N) is 2. The van der Waals surface area contributed by atoms with Gasteiger partial charge in [0.15, 0.2) is 0 Å². The fraction of sp³-hybridized carbons (Fsp3) is 0.0625. The van der Waals surface area contributed by atoms with Crippen molar-refractivity contribution in [2.24, 2.45) is 0 Å². The van der Waals surface area contributed by atoms with E-state index in [1.807, 2.05) is 0 Å². The number of nitrogens with one attached hydrogen (secondary N) is 1. The summed E-state index contributed by atoms with van der Waals surface area (Å²) in [6.07, 6.45) is 3.01. The smallest absolute Gasteiger partial charge is 0.261 e. The van der Waals surface area contributed by atoms with Gasteiger partial charge in [0.05, 0.1) is 23.3 Å². The lowest BCUT2D eigenvalue weighted by atomic mass is 10.2. The normalized spacial score (nSPS) is 11.5. The van der Waals surface area contributed by atoms with Crippen LogP contribution in [0.15, 0.2) is 64.2 Å². The summed E-state index contributed by atoms with van der Waals surface area (Å²) < 4.78 is 29.6. The van der Waals surface area contributed by atoms with Crippen LogP contribution in [0.1, 0.15) is 5.56 Å². The minimum absolute atomic E-state index is 0.164. The third-order valence-electron chi connectivity index (χ3n) is 3.39. The van der Waals surface area contributed by atoms with Crippen LogP contribution in [-0.2, 0) is 16.6 Å². The van der Waals surface area contributed by atoms with Gasteiger partial charge in [-0.2, -0.15) is 5.10 Å². The molecule has 25 heavy (non-hydrogen) atoms. The molecular formula is C16H12BrCl2N3O2S. The topological polar surface area (TPSA) is 64.0 Å². The van der Waals surface area contributed by atoms with E-state index in [-0.39, 0.29) is 4.90 Å². The summed E-state index contributed by atoms with van der Waals surface area (Å²) in [6, 6.07) is 11.6. The maximum Gasteiger partial charge on any atom is 0.261 e. The standard InChI is InChI=1S/C16H12BrCl2N3O2S/c17-11-4-6-13(7-5-11)25(23,24)21-12-8-20-22(9-12)10-14-15(18)2-1-3-16(14)19/h1-9,21H,10H2. The molecule has 0 bridgehead atoms. The van der Waals surface area contributed by atoms with Crippen LogP contribution in [0, 0.1) is 0 Å². The molecule has 0 saturated heterocycles. The van der Waals surface area contributed by atoms with E-state index in [1.54, 1.807) is 41.2 Å². The highest BCUT2D eigenvalue weighted by Gasteiger charge is 2.15. The van der Waals surface area contributed by atoms with Crippen LogP contribution >= 0.6 is 39.1 Å². The molecule has 0 unspecified atom stereocenters. The van der Waals surface area contributed by atoms with Crippen LogP contribution in [0.5, 0.6) is 0 Å². The highest BCUT2D eigenvalue weighted by molar-refractivity contribution is 9.10. The number of benzene rings is 2. The van der Waals surface area contributed by atoms with Crippen LogP contribution in [0.4, 0.5) is 5.69 Å². The van der Waals surface area contributed by atoms with E-state index in [1.165, 1.54) is 18.3 Å². The average molecular weight is 461 g/mol. The van der Waals surface area contributed by atoms with E-state index in [0.29, 0.717) is 22.3 Å². The molecule has 3 aromatic rings. The Kier molecular flexibility index (Phi) is 5.38. The van der Waals surface area contributed by atoms with Gasteiger partial charge in [-0.25, -0.2) is 8.42 Å². The number of hydrogen-bond acceptors (Lipinski definition) is 3. The van der Waals surface area contributed by atoms with Crippen molar-refractivity contribution in [2.45, 2.75) is 11.4 Å². The predicted octanol–water partition coefficient (Wildman–Crippen LogP) is 4.80. The molecule has 0 fully saturated rings. The number of anilines is 1. The molecule has 0 aliphatic heterocycles. The Morgan fingerprint density at radius 3 is 2.36 bits per heavy atom. The van der Waals surface area contributed by atoms with Crippen LogP contribution < -0.4 is 4.72 Å². The van der Waals surface area contributed by atoms with Gasteiger partial charge in [-0.15, -0.1) is 0 Å². The van der Waals surface area contributed by atoms with E-state index in [4.69, 9.17) is 23.2 Å². The number of rotatable bonds is 5. The summed E-state index contributed by atoms with van der Waals surface area (Å²) in [4.78, 5) is 0.164. The molecule has 9 heteroatoms. The molecule has 0 saturated carbocycles. The lowest BCUT2D eigenvalue weighted by molar-refractivity contribution is 0.601. The van der Waals surface area contributed by atoms with Gasteiger partial charge >= 0.3 is 0 Å². The largest absolute Gasteiger partial charge is 0.276 e. The second kappa shape index (κ2) is 7.37. The molecule has 0 aliphatic carbocycles. The second-order valence-electron chi connectivity index (χ2n) is 5.19. The van der Waals surface area contributed by atoms with Crippen molar-refractivity contribution in [3.05, 3.63) is 74.9 Å². The third-order valence-corrected chi connectivity index (χ3v) is 6.03. The van der Waals surface area contributed by atoms with E-state index < -0.39 is 10.0 Å². The Bertz CT molecular complexity index is 984. The number of halogens is 3. The average Bonchev–Trinajstić information content (AvgIpc) is 2.98. The van der Waals surface area contributed by atoms with Gasteiger partial charge in [0.1, 0.15) is 0 Å². The maximum atomic E-state index is 12.4. The zero-order chi connectivity index (χ0) is 18.0. The van der Waals surface area contributed by atoms with Gasteiger partial charge in [-0.3, -0.25) is 9.40 Å². The van der Waals surface area contributed by atoms with Crippen molar-refractivity contribution in [1.82, 2.24) is 9.78 Å². The lowest BCUT2D eigenvalue weighted by Gasteiger charge is -2.07. The van der Waals surface area contributed by atoms with Crippen LogP contribution in [0.25, 0.3) is 0 Å². The zero-order valence-electron chi connectivity index (χ0n) is 12.7. The Morgan fingerprint density at radius 2 is 1.72 bits per heavy atom. The second-order valence-corrected chi connectivity index (χ2v) is 8.60. The van der Waals surface area contributed by atoms with Gasteiger partial charge in [0.2, 0.25) is 0 Å². The van der Waals surface area contributed by atoms with Crippen molar-refractivity contribution < 1.29 is 8.42 Å².